The number of halogens is 5. The van der Waals surface area contributed by atoms with Crippen LogP contribution in [0.25, 0.3) is 0 Å². The summed E-state index contributed by atoms with van der Waals surface area (Å²) in [5.74, 6) is -1.24. The summed E-state index contributed by atoms with van der Waals surface area (Å²) in [5, 5.41) is 0. The second kappa shape index (κ2) is 8.04. The van der Waals surface area contributed by atoms with Gasteiger partial charge in [0.25, 0.3) is 5.91 Å². The standard InChI is InChI=1S/C18H15BrF4N2O3S/c19-13-3-6-15(16(20)11-13)17(26)24-7-9-25(10-8-24)29(27,28)14-4-1-12(2-5-14)18(21,22)23/h1-6,11H,7-10H2. The Balaban J connectivity index is 1.70. The second-order valence-corrected chi connectivity index (χ2v) is 9.20. The topological polar surface area (TPSA) is 57.7 Å². The summed E-state index contributed by atoms with van der Waals surface area (Å²) in [5.41, 5.74) is -1.06. The largest absolute Gasteiger partial charge is 0.416 e. The molecule has 1 heterocycles. The number of sulfonamides is 1. The van der Waals surface area contributed by atoms with E-state index in [9.17, 15) is 30.8 Å². The highest BCUT2D eigenvalue weighted by Gasteiger charge is 2.33. The van der Waals surface area contributed by atoms with Gasteiger partial charge in [-0.2, -0.15) is 17.5 Å². The predicted octanol–water partition coefficient (Wildman–Crippen LogP) is 3.75. The molecule has 0 radical (unpaired) electrons. The first-order valence-electron chi connectivity index (χ1n) is 8.42. The van der Waals surface area contributed by atoms with Crippen molar-refractivity contribution >= 4 is 31.9 Å². The van der Waals surface area contributed by atoms with Gasteiger partial charge in [-0.05, 0) is 42.5 Å². The zero-order chi connectivity index (χ0) is 21.4. The first-order chi connectivity index (χ1) is 13.5. The van der Waals surface area contributed by atoms with E-state index in [1.54, 1.807) is 0 Å². The van der Waals surface area contributed by atoms with Crippen molar-refractivity contribution in [1.29, 1.82) is 0 Å². The molecule has 0 aromatic heterocycles. The molecule has 0 unspecified atom stereocenters. The Morgan fingerprint density at radius 2 is 1.55 bits per heavy atom. The monoisotopic (exact) mass is 494 g/mol. The number of alkyl halides is 3. The third-order valence-electron chi connectivity index (χ3n) is 4.51. The summed E-state index contributed by atoms with van der Waals surface area (Å²) in [4.78, 5) is 13.6. The molecular weight excluding hydrogens is 480 g/mol. The van der Waals surface area contributed by atoms with Gasteiger partial charge < -0.3 is 4.90 Å². The van der Waals surface area contributed by atoms with Crippen molar-refractivity contribution in [3.8, 4) is 0 Å². The van der Waals surface area contributed by atoms with Gasteiger partial charge in [0.05, 0.1) is 16.0 Å². The summed E-state index contributed by atoms with van der Waals surface area (Å²) >= 11 is 3.11. The molecule has 1 aliphatic heterocycles. The molecule has 29 heavy (non-hydrogen) atoms. The normalized spacial score (nSPS) is 16.1. The number of piperazine rings is 1. The van der Waals surface area contributed by atoms with Crippen LogP contribution in [0.5, 0.6) is 0 Å². The molecule has 11 heteroatoms. The van der Waals surface area contributed by atoms with Crippen LogP contribution >= 0.6 is 15.9 Å². The third kappa shape index (κ3) is 4.62. The molecule has 0 N–H and O–H groups in total. The van der Waals surface area contributed by atoms with Crippen molar-refractivity contribution in [1.82, 2.24) is 9.21 Å². The smallest absolute Gasteiger partial charge is 0.336 e. The lowest BCUT2D eigenvalue weighted by molar-refractivity contribution is -0.137. The number of benzene rings is 2. The third-order valence-corrected chi connectivity index (χ3v) is 6.91. The lowest BCUT2D eigenvalue weighted by Gasteiger charge is -2.34. The van der Waals surface area contributed by atoms with Crippen LogP contribution in [0.3, 0.4) is 0 Å². The van der Waals surface area contributed by atoms with Crippen LogP contribution in [0.15, 0.2) is 51.8 Å². The minimum atomic E-state index is -4.56. The molecule has 0 bridgehead atoms. The van der Waals surface area contributed by atoms with E-state index in [4.69, 9.17) is 0 Å². The average molecular weight is 495 g/mol. The van der Waals surface area contributed by atoms with E-state index in [0.29, 0.717) is 16.6 Å². The quantitative estimate of drug-likeness (QED) is 0.610. The number of carbonyl (C=O) groups excluding carboxylic acids is 1. The highest BCUT2D eigenvalue weighted by molar-refractivity contribution is 9.10. The lowest BCUT2D eigenvalue weighted by atomic mass is 10.1. The van der Waals surface area contributed by atoms with E-state index in [-0.39, 0.29) is 36.6 Å². The molecule has 1 fully saturated rings. The molecule has 0 saturated carbocycles. The fourth-order valence-corrected chi connectivity index (χ4v) is 4.69. The van der Waals surface area contributed by atoms with E-state index < -0.39 is 33.5 Å². The molecule has 0 spiro atoms. The second-order valence-electron chi connectivity index (χ2n) is 6.34. The Hall–Kier alpha value is -1.98. The van der Waals surface area contributed by atoms with Crippen LogP contribution in [-0.2, 0) is 16.2 Å². The Bertz CT molecular complexity index is 1020. The number of hydrogen-bond acceptors (Lipinski definition) is 3. The summed E-state index contributed by atoms with van der Waals surface area (Å²) in [6, 6.07) is 7.28. The first kappa shape index (κ1) is 21.7. The van der Waals surface area contributed by atoms with Crippen molar-refractivity contribution in [3.63, 3.8) is 0 Å². The number of carbonyl (C=O) groups is 1. The fourth-order valence-electron chi connectivity index (χ4n) is 2.93. The van der Waals surface area contributed by atoms with Crippen molar-refractivity contribution in [3.05, 3.63) is 63.9 Å². The van der Waals surface area contributed by atoms with Gasteiger partial charge >= 0.3 is 6.18 Å². The minimum absolute atomic E-state index is 0.0359. The maximum absolute atomic E-state index is 14.0. The predicted molar refractivity (Wildman–Crippen MR) is 100 cm³/mol. The summed E-state index contributed by atoms with van der Waals surface area (Å²) in [6.45, 7) is -0.0249. The van der Waals surface area contributed by atoms with Gasteiger partial charge in [0.15, 0.2) is 0 Å². The van der Waals surface area contributed by atoms with Gasteiger partial charge in [0, 0.05) is 30.7 Å². The molecule has 1 saturated heterocycles. The van der Waals surface area contributed by atoms with Gasteiger partial charge in [0.1, 0.15) is 5.82 Å². The van der Waals surface area contributed by atoms with Crippen molar-refractivity contribution in [2.45, 2.75) is 11.1 Å². The van der Waals surface area contributed by atoms with E-state index >= 15 is 0 Å². The van der Waals surface area contributed by atoms with E-state index in [1.807, 2.05) is 0 Å². The Labute approximate surface area is 173 Å². The molecule has 0 atom stereocenters. The summed E-state index contributed by atoms with van der Waals surface area (Å²) < 4.78 is 78.9. The molecule has 0 aliphatic carbocycles. The van der Waals surface area contributed by atoms with Gasteiger partial charge in [-0.25, -0.2) is 12.8 Å². The highest BCUT2D eigenvalue weighted by Crippen LogP contribution is 2.30. The number of nitrogens with zero attached hydrogens (tertiary/aromatic N) is 2. The molecule has 1 amide bonds. The Morgan fingerprint density at radius 3 is 2.07 bits per heavy atom. The maximum atomic E-state index is 14.0. The zero-order valence-corrected chi connectivity index (χ0v) is 17.2. The van der Waals surface area contributed by atoms with Crippen molar-refractivity contribution in [2.75, 3.05) is 26.2 Å². The van der Waals surface area contributed by atoms with E-state index in [0.717, 1.165) is 16.4 Å². The SMILES string of the molecule is O=C(c1ccc(Br)cc1F)N1CCN(S(=O)(=O)c2ccc(C(F)(F)F)cc2)CC1. The highest BCUT2D eigenvalue weighted by atomic mass is 79.9. The van der Waals surface area contributed by atoms with Crippen LogP contribution in [0, 0.1) is 5.82 Å². The van der Waals surface area contributed by atoms with Gasteiger partial charge in [-0.1, -0.05) is 15.9 Å². The summed E-state index contributed by atoms with van der Waals surface area (Å²) in [6.07, 6.45) is -4.56. The molecule has 156 valence electrons. The molecule has 3 rings (SSSR count). The lowest BCUT2D eigenvalue weighted by Crippen LogP contribution is -2.50. The number of hydrogen-bond donors (Lipinski definition) is 0. The van der Waals surface area contributed by atoms with Gasteiger partial charge in [-0.3, -0.25) is 4.79 Å². The van der Waals surface area contributed by atoms with Crippen LogP contribution in [0.2, 0.25) is 0 Å². The van der Waals surface area contributed by atoms with E-state index in [2.05, 4.69) is 15.9 Å². The van der Waals surface area contributed by atoms with Gasteiger partial charge in [0.2, 0.25) is 10.0 Å². The molecule has 5 nitrogen and oxygen atoms in total. The summed E-state index contributed by atoms with van der Waals surface area (Å²) in [7, 11) is -4.00. The average Bonchev–Trinajstić information content (AvgIpc) is 2.67. The molecule has 2 aromatic carbocycles. The van der Waals surface area contributed by atoms with Gasteiger partial charge in [-0.15, -0.1) is 0 Å². The zero-order valence-electron chi connectivity index (χ0n) is 14.8. The van der Waals surface area contributed by atoms with Crippen molar-refractivity contribution < 1.29 is 30.8 Å². The van der Waals surface area contributed by atoms with Crippen LogP contribution in [0.1, 0.15) is 15.9 Å². The number of rotatable bonds is 3. The molecular formula is C18H15BrF4N2O3S. The van der Waals surface area contributed by atoms with Crippen molar-refractivity contribution in [2.24, 2.45) is 0 Å². The number of amides is 1. The maximum Gasteiger partial charge on any atom is 0.416 e. The first-order valence-corrected chi connectivity index (χ1v) is 10.7. The van der Waals surface area contributed by atoms with E-state index in [1.165, 1.54) is 23.1 Å². The Kier molecular flexibility index (Phi) is 6.02. The fraction of sp³-hybridized carbons (Fsp3) is 0.278. The minimum Gasteiger partial charge on any atom is -0.336 e. The van der Waals surface area contributed by atoms with Crippen LogP contribution < -0.4 is 0 Å². The molecule has 2 aromatic rings. The Morgan fingerprint density at radius 1 is 0.966 bits per heavy atom. The van der Waals surface area contributed by atoms with Crippen LogP contribution in [-0.4, -0.2) is 49.7 Å². The molecule has 1 aliphatic rings. The van der Waals surface area contributed by atoms with Crippen LogP contribution in [0.4, 0.5) is 17.6 Å².